The molecule has 18 heavy (non-hydrogen) atoms. The summed E-state index contributed by atoms with van der Waals surface area (Å²) in [5.41, 5.74) is 1.02. The van der Waals surface area contributed by atoms with Crippen LogP contribution in [0.25, 0.3) is 4.91 Å². The molecule has 0 fully saturated rings. The highest BCUT2D eigenvalue weighted by molar-refractivity contribution is 8.13. The van der Waals surface area contributed by atoms with Gasteiger partial charge in [0.25, 0.3) is 5.69 Å². The van der Waals surface area contributed by atoms with Crippen molar-refractivity contribution in [1.82, 2.24) is 0 Å². The van der Waals surface area contributed by atoms with Crippen molar-refractivity contribution in [3.05, 3.63) is 45.0 Å². The molecule has 0 N–H and O–H groups in total. The number of hydrogen-bond donors (Lipinski definition) is 0. The highest BCUT2D eigenvalue weighted by Crippen LogP contribution is 2.41. The van der Waals surface area contributed by atoms with Crippen LogP contribution in [0, 0.1) is 10.1 Å². The number of thioether (sulfide) groups is 2. The summed E-state index contributed by atoms with van der Waals surface area (Å²) < 4.78 is 0. The lowest BCUT2D eigenvalue weighted by molar-refractivity contribution is -0.384. The molecule has 0 amide bonds. The van der Waals surface area contributed by atoms with Gasteiger partial charge in [0.15, 0.2) is 0 Å². The van der Waals surface area contributed by atoms with Gasteiger partial charge >= 0.3 is 0 Å². The lowest BCUT2D eigenvalue weighted by Crippen LogP contribution is -1.96. The number of nitrogens with zero attached hydrogens (tertiary/aromatic N) is 2. The van der Waals surface area contributed by atoms with E-state index < -0.39 is 4.92 Å². The molecule has 0 radical (unpaired) electrons. The van der Waals surface area contributed by atoms with Gasteiger partial charge in [-0.15, -0.1) is 23.5 Å². The van der Waals surface area contributed by atoms with Crippen molar-refractivity contribution in [2.24, 2.45) is 4.99 Å². The van der Waals surface area contributed by atoms with Gasteiger partial charge in [0.05, 0.1) is 10.1 Å². The fraction of sp³-hybridized carbons (Fsp3) is 0.182. The van der Waals surface area contributed by atoms with Crippen molar-refractivity contribution in [2.75, 3.05) is 11.5 Å². The van der Waals surface area contributed by atoms with Crippen LogP contribution in [0.1, 0.15) is 5.56 Å². The Kier molecular flexibility index (Phi) is 4.54. The first-order chi connectivity index (χ1) is 8.72. The zero-order valence-electron chi connectivity index (χ0n) is 9.16. The van der Waals surface area contributed by atoms with Crippen molar-refractivity contribution in [2.45, 2.75) is 0 Å². The first kappa shape index (κ1) is 13.3. The lowest BCUT2D eigenvalue weighted by atomic mass is 10.2. The Morgan fingerprint density at radius 3 is 2.56 bits per heavy atom. The van der Waals surface area contributed by atoms with E-state index in [1.54, 1.807) is 35.7 Å². The Morgan fingerprint density at radius 1 is 1.28 bits per heavy atom. The number of nitro groups is 1. The molecule has 0 bridgehead atoms. The molecule has 0 aromatic heterocycles. The van der Waals surface area contributed by atoms with E-state index in [0.717, 1.165) is 27.0 Å². The van der Waals surface area contributed by atoms with E-state index in [0.29, 0.717) is 0 Å². The van der Waals surface area contributed by atoms with Gasteiger partial charge in [0.1, 0.15) is 5.03 Å². The highest BCUT2D eigenvalue weighted by atomic mass is 32.2. The molecule has 1 aromatic rings. The number of nitro benzene ring substituents is 1. The molecule has 7 heteroatoms. The van der Waals surface area contributed by atoms with Crippen LogP contribution in [0.2, 0.25) is 0 Å². The average molecular weight is 296 g/mol. The smallest absolute Gasteiger partial charge is 0.258 e. The second-order valence-electron chi connectivity index (χ2n) is 3.34. The Labute approximate surface area is 118 Å². The first-order valence-electron chi connectivity index (χ1n) is 5.05. The molecule has 1 aromatic carbocycles. The van der Waals surface area contributed by atoms with Crippen molar-refractivity contribution >= 4 is 51.5 Å². The van der Waals surface area contributed by atoms with Crippen LogP contribution in [0.3, 0.4) is 0 Å². The molecular weight excluding hydrogens is 288 g/mol. The number of thiocarbonyl (C=S) groups is 1. The minimum atomic E-state index is -0.406. The van der Waals surface area contributed by atoms with Gasteiger partial charge in [-0.1, -0.05) is 0 Å². The summed E-state index contributed by atoms with van der Waals surface area (Å²) in [5, 5.41) is 13.8. The summed E-state index contributed by atoms with van der Waals surface area (Å²) in [6.07, 6.45) is 0. The first-order valence-corrected chi connectivity index (χ1v) is 7.43. The minimum absolute atomic E-state index is 0.0905. The molecule has 0 aliphatic carbocycles. The maximum absolute atomic E-state index is 10.6. The SMILES string of the molecule is O=[N+]([O-])c1ccc(C2=C(N=C=S)SCCS2)cc1. The molecule has 92 valence electrons. The van der Waals surface area contributed by atoms with E-state index in [-0.39, 0.29) is 5.69 Å². The van der Waals surface area contributed by atoms with Crippen LogP contribution in [0.4, 0.5) is 5.69 Å². The van der Waals surface area contributed by atoms with Crippen LogP contribution < -0.4 is 0 Å². The van der Waals surface area contributed by atoms with Crippen LogP contribution in [-0.2, 0) is 0 Å². The van der Waals surface area contributed by atoms with E-state index in [1.165, 1.54) is 12.1 Å². The Bertz CT molecular complexity index is 548. The summed E-state index contributed by atoms with van der Waals surface area (Å²) in [6.45, 7) is 0. The zero-order valence-corrected chi connectivity index (χ0v) is 11.6. The molecule has 4 nitrogen and oxygen atoms in total. The van der Waals surface area contributed by atoms with Crippen LogP contribution in [0.5, 0.6) is 0 Å². The molecule has 1 aliphatic heterocycles. The van der Waals surface area contributed by atoms with Gasteiger partial charge in [0, 0.05) is 28.5 Å². The van der Waals surface area contributed by atoms with E-state index in [4.69, 9.17) is 0 Å². The van der Waals surface area contributed by atoms with Crippen molar-refractivity contribution in [1.29, 1.82) is 0 Å². The molecule has 0 unspecified atom stereocenters. The number of aliphatic imine (C=N–C) groups is 1. The van der Waals surface area contributed by atoms with Gasteiger partial charge in [-0.25, -0.2) is 0 Å². The summed E-state index contributed by atoms with van der Waals surface area (Å²) in [5.74, 6) is 1.98. The van der Waals surface area contributed by atoms with Crippen LogP contribution in [0.15, 0.2) is 34.3 Å². The predicted molar refractivity (Wildman–Crippen MR) is 80.0 cm³/mol. The number of hydrogen-bond acceptors (Lipinski definition) is 6. The Morgan fingerprint density at radius 2 is 1.94 bits per heavy atom. The van der Waals surface area contributed by atoms with Gasteiger partial charge in [-0.05, 0) is 29.9 Å². The normalized spacial score (nSPS) is 15.1. The summed E-state index contributed by atoms with van der Waals surface area (Å²) in [6, 6.07) is 6.48. The fourth-order valence-electron chi connectivity index (χ4n) is 1.48. The summed E-state index contributed by atoms with van der Waals surface area (Å²) >= 11 is 7.95. The van der Waals surface area contributed by atoms with E-state index in [1.807, 2.05) is 0 Å². The van der Waals surface area contributed by atoms with Gasteiger partial charge in [0.2, 0.25) is 0 Å². The summed E-state index contributed by atoms with van der Waals surface area (Å²) in [4.78, 5) is 15.3. The third-order valence-corrected chi connectivity index (χ3v) is 4.83. The molecule has 1 aliphatic rings. The van der Waals surface area contributed by atoms with Crippen molar-refractivity contribution < 1.29 is 4.92 Å². The van der Waals surface area contributed by atoms with Crippen molar-refractivity contribution in [3.63, 3.8) is 0 Å². The predicted octanol–water partition coefficient (Wildman–Crippen LogP) is 3.80. The van der Waals surface area contributed by atoms with Gasteiger partial charge in [-0.2, -0.15) is 4.99 Å². The quantitative estimate of drug-likeness (QED) is 0.367. The molecule has 2 rings (SSSR count). The molecular formula is C11H8N2O2S3. The standard InChI is InChI=1S/C11H8N2O2S3/c14-13(15)9-3-1-8(2-4-9)10-11(12-7-16)18-6-5-17-10/h1-4H,5-6H2. The monoisotopic (exact) mass is 296 g/mol. The largest absolute Gasteiger partial charge is 0.269 e. The minimum Gasteiger partial charge on any atom is -0.258 e. The number of isothiocyanates is 1. The summed E-state index contributed by atoms with van der Waals surface area (Å²) in [7, 11) is 0. The van der Waals surface area contributed by atoms with E-state index in [2.05, 4.69) is 22.4 Å². The Hall–Kier alpha value is -1.14. The van der Waals surface area contributed by atoms with Crippen molar-refractivity contribution in [3.8, 4) is 0 Å². The lowest BCUT2D eigenvalue weighted by Gasteiger charge is -2.15. The average Bonchev–Trinajstić information content (AvgIpc) is 2.40. The number of rotatable bonds is 3. The second-order valence-corrected chi connectivity index (χ2v) is 5.71. The zero-order chi connectivity index (χ0) is 13.0. The maximum Gasteiger partial charge on any atom is 0.269 e. The number of benzene rings is 1. The molecule has 0 saturated heterocycles. The molecule has 0 atom stereocenters. The topological polar surface area (TPSA) is 55.5 Å². The van der Waals surface area contributed by atoms with Crippen LogP contribution >= 0.6 is 35.7 Å². The van der Waals surface area contributed by atoms with E-state index in [9.17, 15) is 10.1 Å². The molecule has 1 heterocycles. The second kappa shape index (κ2) is 6.15. The fourth-order valence-corrected chi connectivity index (χ4v) is 3.87. The van der Waals surface area contributed by atoms with Crippen LogP contribution in [-0.4, -0.2) is 21.6 Å². The number of non-ortho nitro benzene ring substituents is 1. The highest BCUT2D eigenvalue weighted by Gasteiger charge is 2.16. The third-order valence-electron chi connectivity index (χ3n) is 2.25. The maximum atomic E-state index is 10.6. The molecule has 0 saturated carbocycles. The van der Waals surface area contributed by atoms with Gasteiger partial charge < -0.3 is 0 Å². The van der Waals surface area contributed by atoms with Gasteiger partial charge in [-0.3, -0.25) is 10.1 Å². The Balaban J connectivity index is 2.39. The molecule has 0 spiro atoms. The van der Waals surface area contributed by atoms with E-state index >= 15 is 0 Å². The third kappa shape index (κ3) is 3.00.